The van der Waals surface area contributed by atoms with Gasteiger partial charge in [-0.1, -0.05) is 17.9 Å². The Morgan fingerprint density at radius 1 is 1.22 bits per heavy atom. The molecule has 10 nitrogen and oxygen atoms in total. The van der Waals surface area contributed by atoms with Crippen molar-refractivity contribution in [3.8, 4) is 17.6 Å². The fourth-order valence-electron chi connectivity index (χ4n) is 3.58. The van der Waals surface area contributed by atoms with Gasteiger partial charge in [0.25, 0.3) is 11.8 Å². The number of thiophene rings is 1. The van der Waals surface area contributed by atoms with E-state index >= 15 is 0 Å². The topological polar surface area (TPSA) is 124 Å². The second-order valence-electron chi connectivity index (χ2n) is 7.87. The van der Waals surface area contributed by atoms with E-state index < -0.39 is 18.0 Å². The number of nitrogens with zero attached hydrogens (tertiary/aromatic N) is 2. The van der Waals surface area contributed by atoms with E-state index in [0.717, 1.165) is 47.3 Å². The molecule has 1 atom stereocenters. The summed E-state index contributed by atoms with van der Waals surface area (Å²) in [5.74, 6) is 6.90. The van der Waals surface area contributed by atoms with Crippen LogP contribution in [0.5, 0.6) is 5.75 Å². The highest BCUT2D eigenvalue weighted by molar-refractivity contribution is 7.14. The molecule has 1 aromatic carbocycles. The first-order valence-electron chi connectivity index (χ1n) is 11.4. The van der Waals surface area contributed by atoms with Crippen molar-refractivity contribution in [3.63, 3.8) is 0 Å². The summed E-state index contributed by atoms with van der Waals surface area (Å²) in [5, 5.41) is 10.5. The minimum Gasteiger partial charge on any atom is -0.497 e. The lowest BCUT2D eigenvalue weighted by Gasteiger charge is -2.29. The number of imide groups is 1. The van der Waals surface area contributed by atoms with Crippen LogP contribution in [0.15, 0.2) is 35.3 Å². The molecule has 2 aliphatic heterocycles. The molecular formula is C25H30N6O4S. The van der Waals surface area contributed by atoms with Crippen molar-refractivity contribution in [2.75, 3.05) is 47.4 Å². The molecule has 4 N–H and O–H groups in total. The second kappa shape index (κ2) is 12.7. The zero-order valence-electron chi connectivity index (χ0n) is 20.7. The van der Waals surface area contributed by atoms with Gasteiger partial charge in [-0.2, -0.15) is 0 Å². The molecule has 0 saturated carbocycles. The van der Waals surface area contributed by atoms with Crippen molar-refractivity contribution in [2.45, 2.75) is 13.0 Å². The summed E-state index contributed by atoms with van der Waals surface area (Å²) in [7, 11) is 4.99. The van der Waals surface area contributed by atoms with Gasteiger partial charge in [0.1, 0.15) is 11.6 Å². The third kappa shape index (κ3) is 6.84. The molecule has 0 radical (unpaired) electrons. The van der Waals surface area contributed by atoms with Crippen LogP contribution in [0.3, 0.4) is 0 Å². The van der Waals surface area contributed by atoms with Gasteiger partial charge in [-0.05, 0) is 36.8 Å². The fourth-order valence-corrected chi connectivity index (χ4v) is 4.51. The van der Waals surface area contributed by atoms with Crippen LogP contribution in [0.25, 0.3) is 0 Å². The number of benzene rings is 1. The Balaban J connectivity index is 0.000000236. The Hall–Kier alpha value is -3.88. The first-order valence-corrected chi connectivity index (χ1v) is 12.2. The normalized spacial score (nSPS) is 17.2. The summed E-state index contributed by atoms with van der Waals surface area (Å²) in [6.07, 6.45) is 0. The summed E-state index contributed by atoms with van der Waals surface area (Å²) in [5.41, 5.74) is 1.60. The molecule has 0 spiro atoms. The summed E-state index contributed by atoms with van der Waals surface area (Å²) in [6.45, 7) is 5.66. The maximum atomic E-state index is 11.4. The largest absolute Gasteiger partial charge is 0.497 e. The van der Waals surface area contributed by atoms with E-state index in [1.165, 1.54) is 11.3 Å². The zero-order valence-corrected chi connectivity index (χ0v) is 21.5. The SMILES string of the molecule is CN=C(c1ccc(C#CC2NC(=O)NC2=O)s1)N1CCNCC1.CNC(=O)c1cc(OC)ccc1C. The van der Waals surface area contributed by atoms with E-state index in [1.807, 2.05) is 31.2 Å². The van der Waals surface area contributed by atoms with E-state index in [9.17, 15) is 14.4 Å². The van der Waals surface area contributed by atoms with Crippen molar-refractivity contribution < 1.29 is 19.1 Å². The molecule has 4 amide bonds. The van der Waals surface area contributed by atoms with Gasteiger partial charge < -0.3 is 25.6 Å². The fraction of sp³-hybridized carbons (Fsp3) is 0.360. The number of rotatable bonds is 3. The number of amides is 4. The first-order chi connectivity index (χ1) is 17.4. The number of methoxy groups -OCH3 is 1. The molecule has 11 heteroatoms. The van der Waals surface area contributed by atoms with Gasteiger partial charge in [0.05, 0.1) is 16.9 Å². The number of aryl methyl sites for hydroxylation is 1. The van der Waals surface area contributed by atoms with Crippen LogP contribution in [-0.2, 0) is 4.79 Å². The number of piperazine rings is 1. The predicted octanol–water partition coefficient (Wildman–Crippen LogP) is 0.952. The zero-order chi connectivity index (χ0) is 26.1. The average molecular weight is 511 g/mol. The van der Waals surface area contributed by atoms with Crippen LogP contribution in [0, 0.1) is 18.8 Å². The third-order valence-corrected chi connectivity index (χ3v) is 6.48. The molecule has 1 unspecified atom stereocenters. The smallest absolute Gasteiger partial charge is 0.322 e. The van der Waals surface area contributed by atoms with Crippen LogP contribution in [0.1, 0.15) is 25.7 Å². The van der Waals surface area contributed by atoms with E-state index in [-0.39, 0.29) is 5.91 Å². The number of hydrogen-bond donors (Lipinski definition) is 4. The van der Waals surface area contributed by atoms with Crippen molar-refractivity contribution in [2.24, 2.45) is 4.99 Å². The quantitative estimate of drug-likeness (QED) is 0.211. The van der Waals surface area contributed by atoms with E-state index in [1.54, 1.807) is 27.3 Å². The highest BCUT2D eigenvalue weighted by Crippen LogP contribution is 2.19. The average Bonchev–Trinajstić information content (AvgIpc) is 3.49. The van der Waals surface area contributed by atoms with Crippen LogP contribution < -0.4 is 26.0 Å². The number of ether oxygens (including phenoxy) is 1. The van der Waals surface area contributed by atoms with Gasteiger partial charge in [0.2, 0.25) is 0 Å². The van der Waals surface area contributed by atoms with Gasteiger partial charge in [0, 0.05) is 45.8 Å². The molecule has 36 heavy (non-hydrogen) atoms. The molecule has 3 heterocycles. The van der Waals surface area contributed by atoms with Crippen LogP contribution in [0.4, 0.5) is 4.79 Å². The minimum absolute atomic E-state index is 0.0867. The standard InChI is InChI=1S/C15H17N5O2S.C10H13NO2/c1-16-13(20-8-6-17-7-9-20)12-5-3-10(23-12)2-4-11-14(21)19-15(22)18-11;1-7-4-5-8(13-3)6-9(7)10(12)11-2/h3,5,11,17H,6-9H2,1H3,(H2,18,19,21,22);4-6H,1-3H3,(H,11,12). The summed E-state index contributed by atoms with van der Waals surface area (Å²) < 4.78 is 5.02. The Labute approximate surface area is 214 Å². The van der Waals surface area contributed by atoms with Crippen LogP contribution in [0.2, 0.25) is 0 Å². The number of nitrogens with one attached hydrogen (secondary N) is 4. The molecule has 2 fully saturated rings. The van der Waals surface area contributed by atoms with Crippen LogP contribution >= 0.6 is 11.3 Å². The molecule has 0 bridgehead atoms. The monoisotopic (exact) mass is 510 g/mol. The summed E-state index contributed by atoms with van der Waals surface area (Å²) in [4.78, 5) is 42.4. The summed E-state index contributed by atoms with van der Waals surface area (Å²) >= 11 is 1.53. The maximum Gasteiger partial charge on any atom is 0.322 e. The minimum atomic E-state index is -0.777. The van der Waals surface area contributed by atoms with Crippen LogP contribution in [-0.4, -0.2) is 82.0 Å². The number of urea groups is 1. The van der Waals surface area contributed by atoms with Crippen molar-refractivity contribution in [3.05, 3.63) is 51.2 Å². The van der Waals surface area contributed by atoms with E-state index in [0.29, 0.717) is 11.3 Å². The molecular weight excluding hydrogens is 480 g/mol. The van der Waals surface area contributed by atoms with Crippen molar-refractivity contribution in [1.82, 2.24) is 26.2 Å². The van der Waals surface area contributed by atoms with Crippen molar-refractivity contribution in [1.29, 1.82) is 0 Å². The van der Waals surface area contributed by atoms with Gasteiger partial charge in [0.15, 0.2) is 6.04 Å². The van der Waals surface area contributed by atoms with E-state index in [4.69, 9.17) is 4.74 Å². The first kappa shape index (κ1) is 26.7. The molecule has 0 aliphatic carbocycles. The number of carbonyl (C=O) groups excluding carboxylic acids is 3. The van der Waals surface area contributed by atoms with Gasteiger partial charge in [-0.3, -0.25) is 19.9 Å². The number of carbonyl (C=O) groups is 3. The van der Waals surface area contributed by atoms with Gasteiger partial charge in [-0.15, -0.1) is 11.3 Å². The maximum absolute atomic E-state index is 11.4. The lowest BCUT2D eigenvalue weighted by molar-refractivity contribution is -0.119. The Morgan fingerprint density at radius 3 is 2.58 bits per heavy atom. The Morgan fingerprint density at radius 2 is 1.97 bits per heavy atom. The Kier molecular flexibility index (Phi) is 9.44. The highest BCUT2D eigenvalue weighted by atomic mass is 32.1. The highest BCUT2D eigenvalue weighted by Gasteiger charge is 2.27. The third-order valence-electron chi connectivity index (χ3n) is 5.49. The molecule has 4 rings (SSSR count). The second-order valence-corrected chi connectivity index (χ2v) is 8.96. The molecule has 2 aromatic rings. The lowest BCUT2D eigenvalue weighted by Crippen LogP contribution is -2.46. The molecule has 2 saturated heterocycles. The van der Waals surface area contributed by atoms with Crippen molar-refractivity contribution >= 4 is 35.0 Å². The molecule has 2 aliphatic rings. The van der Waals surface area contributed by atoms with Gasteiger partial charge in [-0.25, -0.2) is 4.79 Å². The number of amidine groups is 1. The molecule has 1 aromatic heterocycles. The van der Waals surface area contributed by atoms with E-state index in [2.05, 4.69) is 43.0 Å². The molecule has 190 valence electrons. The number of hydrogen-bond acceptors (Lipinski definition) is 7. The Bertz CT molecular complexity index is 1210. The number of aliphatic imine (C=N–C) groups is 1. The summed E-state index contributed by atoms with van der Waals surface area (Å²) in [6, 6.07) is 8.06. The predicted molar refractivity (Wildman–Crippen MR) is 140 cm³/mol. The lowest BCUT2D eigenvalue weighted by atomic mass is 10.1. The van der Waals surface area contributed by atoms with Gasteiger partial charge >= 0.3 is 6.03 Å².